The second-order valence-corrected chi connectivity index (χ2v) is 5.85. The highest BCUT2D eigenvalue weighted by molar-refractivity contribution is 5.95. The third-order valence-corrected chi connectivity index (χ3v) is 3.83. The predicted octanol–water partition coefficient (Wildman–Crippen LogP) is 3.23. The lowest BCUT2D eigenvalue weighted by atomic mass is 10.1. The molecule has 3 N–H and O–H groups in total. The standard InChI is InChI=1S/C19H19N5O2/c1-12(25)14-8-10-16(11-9-14)21-19(26)22-17(15-6-4-3-5-7-15)18-20-13(2)23-24-18/h3-11,17H,1-2H3,(H,20,23,24)(H2,21,22,26). The summed E-state index contributed by atoms with van der Waals surface area (Å²) in [5.74, 6) is 1.13. The quantitative estimate of drug-likeness (QED) is 0.616. The molecular weight excluding hydrogens is 330 g/mol. The first-order valence-corrected chi connectivity index (χ1v) is 8.15. The minimum absolute atomic E-state index is 0.0230. The van der Waals surface area contributed by atoms with Crippen LogP contribution < -0.4 is 10.6 Å². The molecule has 2 amide bonds. The number of Topliss-reactive ketones (excluding diaryl/α,β-unsaturated/α-hetero) is 1. The number of amides is 2. The maximum Gasteiger partial charge on any atom is 0.320 e. The Morgan fingerprint density at radius 2 is 1.73 bits per heavy atom. The van der Waals surface area contributed by atoms with Crippen LogP contribution in [0.1, 0.15) is 40.5 Å². The molecule has 0 saturated heterocycles. The molecule has 1 heterocycles. The van der Waals surface area contributed by atoms with Crippen LogP contribution in [0.25, 0.3) is 0 Å². The minimum atomic E-state index is -0.488. The van der Waals surface area contributed by atoms with Gasteiger partial charge in [0, 0.05) is 11.3 Å². The number of carbonyl (C=O) groups excluding carboxylic acids is 2. The Labute approximate surface area is 150 Å². The van der Waals surface area contributed by atoms with Gasteiger partial charge in [-0.2, -0.15) is 5.10 Å². The summed E-state index contributed by atoms with van der Waals surface area (Å²) in [5, 5.41) is 12.6. The highest BCUT2D eigenvalue weighted by Crippen LogP contribution is 2.19. The van der Waals surface area contributed by atoms with Crippen LogP contribution >= 0.6 is 0 Å². The maximum atomic E-state index is 12.4. The van der Waals surface area contributed by atoms with Gasteiger partial charge < -0.3 is 10.6 Å². The molecule has 132 valence electrons. The van der Waals surface area contributed by atoms with Gasteiger partial charge in [-0.15, -0.1) is 0 Å². The van der Waals surface area contributed by atoms with Gasteiger partial charge in [-0.1, -0.05) is 30.3 Å². The lowest BCUT2D eigenvalue weighted by Crippen LogP contribution is -2.33. The van der Waals surface area contributed by atoms with Crippen LogP contribution in [0.3, 0.4) is 0 Å². The molecule has 0 fully saturated rings. The van der Waals surface area contributed by atoms with Crippen LogP contribution in [0.4, 0.5) is 10.5 Å². The summed E-state index contributed by atoms with van der Waals surface area (Å²) in [7, 11) is 0. The van der Waals surface area contributed by atoms with E-state index < -0.39 is 12.1 Å². The summed E-state index contributed by atoms with van der Waals surface area (Å²) in [6, 6.07) is 15.3. The number of rotatable bonds is 5. The van der Waals surface area contributed by atoms with E-state index in [2.05, 4.69) is 25.8 Å². The number of hydrogen-bond donors (Lipinski definition) is 3. The Kier molecular flexibility index (Phi) is 5.07. The van der Waals surface area contributed by atoms with Crippen molar-refractivity contribution in [2.75, 3.05) is 5.32 Å². The van der Waals surface area contributed by atoms with Crippen molar-refractivity contribution in [1.29, 1.82) is 0 Å². The van der Waals surface area contributed by atoms with E-state index in [1.165, 1.54) is 6.92 Å². The Morgan fingerprint density at radius 1 is 1.04 bits per heavy atom. The third-order valence-electron chi connectivity index (χ3n) is 3.83. The molecule has 7 heteroatoms. The number of H-pyrrole nitrogens is 1. The number of aromatic amines is 1. The average molecular weight is 349 g/mol. The van der Waals surface area contributed by atoms with E-state index in [0.717, 1.165) is 5.56 Å². The SMILES string of the molecule is CC(=O)c1ccc(NC(=O)NC(c2ccccc2)c2n[nH]c(C)n2)cc1. The van der Waals surface area contributed by atoms with Gasteiger partial charge >= 0.3 is 6.03 Å². The van der Waals surface area contributed by atoms with Gasteiger partial charge in [0.25, 0.3) is 0 Å². The number of nitrogens with one attached hydrogen (secondary N) is 3. The van der Waals surface area contributed by atoms with Crippen LogP contribution in [-0.2, 0) is 0 Å². The molecule has 3 aromatic rings. The van der Waals surface area contributed by atoms with E-state index >= 15 is 0 Å². The second-order valence-electron chi connectivity index (χ2n) is 5.85. The highest BCUT2D eigenvalue weighted by atomic mass is 16.2. The fourth-order valence-electron chi connectivity index (χ4n) is 2.52. The normalized spacial score (nSPS) is 11.6. The zero-order valence-electron chi connectivity index (χ0n) is 14.5. The number of anilines is 1. The van der Waals surface area contributed by atoms with Crippen molar-refractivity contribution in [2.45, 2.75) is 19.9 Å². The van der Waals surface area contributed by atoms with E-state index in [0.29, 0.717) is 22.9 Å². The summed E-state index contributed by atoms with van der Waals surface area (Å²) in [6.07, 6.45) is 0. The van der Waals surface area contributed by atoms with Crippen LogP contribution in [-0.4, -0.2) is 27.0 Å². The van der Waals surface area contributed by atoms with Gasteiger partial charge in [0.05, 0.1) is 0 Å². The molecule has 1 atom stereocenters. The fourth-order valence-corrected chi connectivity index (χ4v) is 2.52. The Morgan fingerprint density at radius 3 is 2.31 bits per heavy atom. The van der Waals surface area contributed by atoms with Crippen molar-refractivity contribution in [3.63, 3.8) is 0 Å². The number of aromatic nitrogens is 3. The first-order chi connectivity index (χ1) is 12.5. The second kappa shape index (κ2) is 7.60. The van der Waals surface area contributed by atoms with Crippen molar-refractivity contribution in [3.8, 4) is 0 Å². The van der Waals surface area contributed by atoms with Crippen molar-refractivity contribution < 1.29 is 9.59 Å². The molecule has 0 spiro atoms. The molecule has 0 bridgehead atoms. The number of nitrogens with zero attached hydrogens (tertiary/aromatic N) is 2. The largest absolute Gasteiger partial charge is 0.324 e. The van der Waals surface area contributed by atoms with Crippen molar-refractivity contribution in [3.05, 3.63) is 77.4 Å². The number of carbonyl (C=O) groups is 2. The molecule has 1 unspecified atom stereocenters. The lowest BCUT2D eigenvalue weighted by Gasteiger charge is -2.17. The zero-order valence-corrected chi connectivity index (χ0v) is 14.5. The van der Waals surface area contributed by atoms with Gasteiger partial charge in [0.1, 0.15) is 11.9 Å². The number of urea groups is 1. The molecule has 0 aliphatic carbocycles. The average Bonchev–Trinajstić information content (AvgIpc) is 3.07. The molecule has 2 aromatic carbocycles. The van der Waals surface area contributed by atoms with Gasteiger partial charge in [-0.25, -0.2) is 9.78 Å². The van der Waals surface area contributed by atoms with Crippen LogP contribution in [0, 0.1) is 6.92 Å². The van der Waals surface area contributed by atoms with E-state index in [-0.39, 0.29) is 5.78 Å². The number of aryl methyl sites for hydroxylation is 1. The molecular formula is C19H19N5O2. The number of ketones is 1. The summed E-state index contributed by atoms with van der Waals surface area (Å²) in [4.78, 5) is 28.1. The molecule has 3 rings (SSSR count). The zero-order chi connectivity index (χ0) is 18.5. The number of hydrogen-bond acceptors (Lipinski definition) is 4. The van der Waals surface area contributed by atoms with E-state index in [1.54, 1.807) is 31.2 Å². The van der Waals surface area contributed by atoms with E-state index in [1.807, 2.05) is 30.3 Å². The molecule has 1 aromatic heterocycles. The van der Waals surface area contributed by atoms with Gasteiger partial charge in [-0.05, 0) is 43.7 Å². The predicted molar refractivity (Wildman–Crippen MR) is 98.0 cm³/mol. The minimum Gasteiger partial charge on any atom is -0.324 e. The maximum absolute atomic E-state index is 12.4. The Bertz CT molecular complexity index is 903. The summed E-state index contributed by atoms with van der Waals surface area (Å²) >= 11 is 0. The smallest absolute Gasteiger partial charge is 0.320 e. The first kappa shape index (κ1) is 17.3. The van der Waals surface area contributed by atoms with Gasteiger partial charge in [-0.3, -0.25) is 9.89 Å². The number of benzene rings is 2. The van der Waals surface area contributed by atoms with Crippen molar-refractivity contribution in [1.82, 2.24) is 20.5 Å². The van der Waals surface area contributed by atoms with Gasteiger partial charge in [0.2, 0.25) is 0 Å². The summed E-state index contributed by atoms with van der Waals surface area (Å²) < 4.78 is 0. The monoisotopic (exact) mass is 349 g/mol. The third kappa shape index (κ3) is 4.13. The topological polar surface area (TPSA) is 99.8 Å². The van der Waals surface area contributed by atoms with E-state index in [9.17, 15) is 9.59 Å². The van der Waals surface area contributed by atoms with Crippen LogP contribution in [0.15, 0.2) is 54.6 Å². The Balaban J connectivity index is 1.76. The fraction of sp³-hybridized carbons (Fsp3) is 0.158. The van der Waals surface area contributed by atoms with Crippen molar-refractivity contribution >= 4 is 17.5 Å². The molecule has 26 heavy (non-hydrogen) atoms. The molecule has 7 nitrogen and oxygen atoms in total. The summed E-state index contributed by atoms with van der Waals surface area (Å²) in [6.45, 7) is 3.30. The lowest BCUT2D eigenvalue weighted by molar-refractivity contribution is 0.101. The molecule has 0 radical (unpaired) electrons. The van der Waals surface area contributed by atoms with Crippen LogP contribution in [0.2, 0.25) is 0 Å². The first-order valence-electron chi connectivity index (χ1n) is 8.15. The highest BCUT2D eigenvalue weighted by Gasteiger charge is 2.20. The Hall–Kier alpha value is -3.48. The molecule has 0 aliphatic heterocycles. The summed E-state index contributed by atoms with van der Waals surface area (Å²) in [5.41, 5.74) is 2.05. The van der Waals surface area contributed by atoms with Gasteiger partial charge in [0.15, 0.2) is 11.6 Å². The molecule has 0 saturated carbocycles. The van der Waals surface area contributed by atoms with Crippen molar-refractivity contribution in [2.24, 2.45) is 0 Å². The van der Waals surface area contributed by atoms with Crippen LogP contribution in [0.5, 0.6) is 0 Å². The molecule has 0 aliphatic rings. The van der Waals surface area contributed by atoms with E-state index in [4.69, 9.17) is 0 Å².